The maximum Gasteiger partial charge on any atom is 0.571 e. The van der Waals surface area contributed by atoms with E-state index < -0.39 is 62.1 Å². The zero-order valence-electron chi connectivity index (χ0n) is 14.1. The van der Waals surface area contributed by atoms with Crippen molar-refractivity contribution in [2.45, 2.75) is 53.5 Å². The van der Waals surface area contributed by atoms with Crippen LogP contribution in [0, 0.1) is 0 Å². The average molecular weight is 586 g/mol. The van der Waals surface area contributed by atoms with Crippen LogP contribution in [0.1, 0.15) is 0 Å². The highest BCUT2D eigenvalue weighted by Gasteiger charge is 2.99. The molecular weight excluding hydrogens is 586 g/mol. The lowest BCUT2D eigenvalue weighted by atomic mass is 9.98. The van der Waals surface area contributed by atoms with Gasteiger partial charge in [-0.1, -0.05) is 0 Å². The minimum absolute atomic E-state index is 1.31. The lowest BCUT2D eigenvalue weighted by Crippen LogP contribution is -2.80. The number of halogens is 22. The number of rotatable bonds is 8. The molecule has 0 amide bonds. The summed E-state index contributed by atoms with van der Waals surface area (Å²) in [5, 5.41) is 0. The first-order valence-electron chi connectivity index (χ1n) is 6.73. The number of alkyl halides is 21. The van der Waals surface area contributed by atoms with Crippen molar-refractivity contribution < 1.29 is 106 Å². The van der Waals surface area contributed by atoms with E-state index in [1.54, 1.807) is 0 Å². The summed E-state index contributed by atoms with van der Waals surface area (Å²) in [7, 11) is -10.7. The molecule has 0 heterocycles. The van der Waals surface area contributed by atoms with E-state index in [0.29, 0.717) is 0 Å². The minimum atomic E-state index is -10.7. The Bertz CT molecular complexity index is 730. The van der Waals surface area contributed by atoms with Crippen molar-refractivity contribution in [3.63, 3.8) is 0 Å². The quantitative estimate of drug-likeness (QED) is 0.102. The van der Waals surface area contributed by atoms with Gasteiger partial charge in [0.05, 0.1) is 0 Å². The Labute approximate surface area is 169 Å². The molecule has 0 bridgehead atoms. The molecule has 0 rings (SSSR count). The number of hydrogen-bond acceptors (Lipinski definition) is 2. The summed E-state index contributed by atoms with van der Waals surface area (Å²) >= 11 is 0. The minimum Gasteiger partial charge on any atom is -0.259 e. The van der Waals surface area contributed by atoms with Crippen LogP contribution in [0.5, 0.6) is 0 Å². The Kier molecular flexibility index (Phi) is 7.72. The molecule has 0 radical (unpaired) electrons. The summed E-state index contributed by atoms with van der Waals surface area (Å²) in [5.74, 6) is -35.7. The van der Waals surface area contributed by atoms with E-state index in [0.717, 1.165) is 0 Å². The molecule has 0 saturated heterocycles. The smallest absolute Gasteiger partial charge is 0.259 e. The van der Waals surface area contributed by atoms with Crippen molar-refractivity contribution in [1.29, 1.82) is 0 Å². The summed E-state index contributed by atoms with van der Waals surface area (Å²) in [5.41, 5.74) is -17.4. The van der Waals surface area contributed by atoms with Crippen molar-refractivity contribution in [3.8, 4) is 0 Å². The molecule has 0 aliphatic carbocycles. The van der Waals surface area contributed by atoms with Gasteiger partial charge in [-0.15, -0.1) is 18.1 Å². The van der Waals surface area contributed by atoms with E-state index in [9.17, 15) is 96.3 Å². The SMILES string of the molecule is FC(F)(F)OO[Si](F)(C(F)(F)C(F)(F)F)C(F)(F)C(F)(F)C(F)(F)C(F)(F)C(F)(F)C(F)(F)F. The van der Waals surface area contributed by atoms with Crippen LogP contribution < -0.4 is 0 Å². The average Bonchev–Trinajstić information content (AvgIpc) is 2.55. The van der Waals surface area contributed by atoms with Crippen molar-refractivity contribution in [1.82, 2.24) is 0 Å². The standard InChI is InChI=1S/C9F22O2Si/c10-1(11,3(14,15)5(18,19)20)2(12,13)4(16,17)7(24,25)34(31,33-32-9(28,29)30)8(26,27)6(21,22)23. The van der Waals surface area contributed by atoms with E-state index >= 15 is 0 Å². The summed E-state index contributed by atoms with van der Waals surface area (Å²) in [4.78, 5) is 1.31. The summed E-state index contributed by atoms with van der Waals surface area (Å²) in [6.45, 7) is 0. The highest BCUT2D eigenvalue weighted by Crippen LogP contribution is 2.64. The van der Waals surface area contributed by atoms with Gasteiger partial charge in [0.25, 0.3) is 0 Å². The molecule has 1 atom stereocenters. The molecule has 25 heteroatoms. The normalized spacial score (nSPS) is 18.2. The molecule has 0 aromatic carbocycles. The van der Waals surface area contributed by atoms with Gasteiger partial charge in [-0.25, -0.2) is 4.58 Å². The van der Waals surface area contributed by atoms with Gasteiger partial charge >= 0.3 is 62.1 Å². The zero-order chi connectivity index (χ0) is 28.4. The first-order chi connectivity index (χ1) is 14.2. The fourth-order valence-corrected chi connectivity index (χ4v) is 3.30. The maximum atomic E-state index is 13.9. The molecule has 0 aliphatic rings. The maximum absolute atomic E-state index is 13.9. The monoisotopic (exact) mass is 586 g/mol. The molecule has 0 aliphatic heterocycles. The van der Waals surface area contributed by atoms with Crippen LogP contribution in [0.4, 0.5) is 96.3 Å². The predicted octanol–water partition coefficient (Wildman–Crippen LogP) is 6.88. The lowest BCUT2D eigenvalue weighted by Gasteiger charge is -2.43. The van der Waals surface area contributed by atoms with Gasteiger partial charge in [0.2, 0.25) is 0 Å². The summed E-state index contributed by atoms with van der Waals surface area (Å²) in [6, 6.07) is 0. The Morgan fingerprint density at radius 3 is 0.971 bits per heavy atom. The Morgan fingerprint density at radius 2 is 0.706 bits per heavy atom. The van der Waals surface area contributed by atoms with Gasteiger partial charge in [0.15, 0.2) is 0 Å². The van der Waals surface area contributed by atoms with Crippen molar-refractivity contribution >= 4 is 8.65 Å². The molecule has 0 saturated carbocycles. The van der Waals surface area contributed by atoms with Gasteiger partial charge in [-0.2, -0.15) is 79.0 Å². The lowest BCUT2D eigenvalue weighted by molar-refractivity contribution is -0.468. The first-order valence-corrected chi connectivity index (χ1v) is 8.52. The van der Waals surface area contributed by atoms with Crippen LogP contribution in [0.3, 0.4) is 0 Å². The zero-order valence-corrected chi connectivity index (χ0v) is 15.1. The van der Waals surface area contributed by atoms with Gasteiger partial charge in [-0.05, 0) is 0 Å². The van der Waals surface area contributed by atoms with Crippen LogP contribution in [-0.4, -0.2) is 62.1 Å². The Morgan fingerprint density at radius 1 is 0.382 bits per heavy atom. The molecule has 0 spiro atoms. The second-order valence-corrected chi connectivity index (χ2v) is 8.26. The molecule has 206 valence electrons. The van der Waals surface area contributed by atoms with Gasteiger partial charge in [0, 0.05) is 0 Å². The molecule has 1 unspecified atom stereocenters. The van der Waals surface area contributed by atoms with Crippen LogP contribution in [-0.2, 0) is 9.46 Å². The van der Waals surface area contributed by atoms with E-state index in [1.165, 1.54) is 9.46 Å². The third kappa shape index (κ3) is 4.45. The van der Waals surface area contributed by atoms with Gasteiger partial charge in [0.1, 0.15) is 0 Å². The van der Waals surface area contributed by atoms with Crippen molar-refractivity contribution in [2.75, 3.05) is 0 Å². The largest absolute Gasteiger partial charge is 0.571 e. The third-order valence-electron chi connectivity index (χ3n) is 3.35. The van der Waals surface area contributed by atoms with Crippen LogP contribution in [0.2, 0.25) is 0 Å². The van der Waals surface area contributed by atoms with E-state index in [1.807, 2.05) is 0 Å². The molecular formula is C9F22O2Si. The molecule has 2 nitrogen and oxygen atoms in total. The first kappa shape index (κ1) is 32.6. The third-order valence-corrected chi connectivity index (χ3v) is 5.87. The van der Waals surface area contributed by atoms with E-state index in [-0.39, 0.29) is 0 Å². The Hall–Kier alpha value is -1.40. The molecule has 0 N–H and O–H groups in total. The highest BCUT2D eigenvalue weighted by molar-refractivity contribution is 6.72. The molecule has 0 aromatic heterocycles. The fourth-order valence-electron chi connectivity index (χ4n) is 1.56. The van der Waals surface area contributed by atoms with Crippen molar-refractivity contribution in [3.05, 3.63) is 0 Å². The molecule has 0 aromatic rings. The van der Waals surface area contributed by atoms with Crippen LogP contribution in [0.25, 0.3) is 0 Å². The van der Waals surface area contributed by atoms with Gasteiger partial charge in [-0.3, -0.25) is 4.11 Å². The van der Waals surface area contributed by atoms with Crippen LogP contribution in [0.15, 0.2) is 0 Å². The Balaban J connectivity index is 7.22. The fraction of sp³-hybridized carbons (Fsp3) is 1.00. The predicted molar refractivity (Wildman–Crippen MR) is 56.9 cm³/mol. The van der Waals surface area contributed by atoms with E-state index in [4.69, 9.17) is 0 Å². The number of hydrogen-bond donors (Lipinski definition) is 0. The molecule has 0 fully saturated rings. The molecule has 34 heavy (non-hydrogen) atoms. The highest BCUT2D eigenvalue weighted by atomic mass is 28.4. The van der Waals surface area contributed by atoms with Crippen LogP contribution >= 0.6 is 0 Å². The summed E-state index contributed by atoms with van der Waals surface area (Å²) < 4.78 is 281. The van der Waals surface area contributed by atoms with Crippen molar-refractivity contribution in [2.24, 2.45) is 0 Å². The second kappa shape index (κ2) is 8.06. The second-order valence-electron chi connectivity index (χ2n) is 5.65. The van der Waals surface area contributed by atoms with E-state index in [2.05, 4.69) is 0 Å². The topological polar surface area (TPSA) is 18.5 Å². The summed E-state index contributed by atoms with van der Waals surface area (Å²) in [6.07, 6.45) is -23.1. The van der Waals surface area contributed by atoms with Gasteiger partial charge < -0.3 is 0 Å².